The summed E-state index contributed by atoms with van der Waals surface area (Å²) in [6.45, 7) is 9.06. The Labute approximate surface area is 145 Å². The second kappa shape index (κ2) is 9.16. The highest BCUT2D eigenvalue weighted by Gasteiger charge is 2.21. The van der Waals surface area contributed by atoms with Gasteiger partial charge in [0.2, 0.25) is 5.91 Å². The molecule has 0 radical (unpaired) electrons. The topological polar surface area (TPSA) is 47.6 Å². The fourth-order valence-electron chi connectivity index (χ4n) is 3.57. The zero-order valence-electron chi connectivity index (χ0n) is 14.5. The number of nitrogens with zero attached hydrogens (tertiary/aromatic N) is 2. The van der Waals surface area contributed by atoms with Crippen LogP contribution in [-0.2, 0) is 11.3 Å². The smallest absolute Gasteiger partial charge is 0.224 e. The Balaban J connectivity index is 1.30. The van der Waals surface area contributed by atoms with Crippen molar-refractivity contribution in [3.8, 4) is 0 Å². The van der Waals surface area contributed by atoms with E-state index in [-0.39, 0.29) is 11.8 Å². The van der Waals surface area contributed by atoms with Crippen LogP contribution < -0.4 is 10.6 Å². The van der Waals surface area contributed by atoms with Gasteiger partial charge in [0.05, 0.1) is 5.92 Å². The Morgan fingerprint density at radius 2 is 1.88 bits per heavy atom. The number of amides is 1. The van der Waals surface area contributed by atoms with Crippen molar-refractivity contribution in [2.75, 3.05) is 52.4 Å². The summed E-state index contributed by atoms with van der Waals surface area (Å²) in [7, 11) is 0. The van der Waals surface area contributed by atoms with Crippen LogP contribution in [0, 0.1) is 5.92 Å². The van der Waals surface area contributed by atoms with Crippen molar-refractivity contribution in [2.24, 2.45) is 5.92 Å². The average Bonchev–Trinajstić information content (AvgIpc) is 2.65. The Morgan fingerprint density at radius 3 is 2.58 bits per heavy atom. The Morgan fingerprint density at radius 1 is 1.12 bits per heavy atom. The minimum absolute atomic E-state index is 0.168. The SMILES string of the molecule is O=C(NCCN1CCN(Cc2ccccc2)CC1)C1CCCNC1. The van der Waals surface area contributed by atoms with Crippen LogP contribution in [0.1, 0.15) is 18.4 Å². The average molecular weight is 330 g/mol. The molecule has 1 aromatic rings. The Hall–Kier alpha value is -1.43. The molecule has 1 atom stereocenters. The third-order valence-corrected chi connectivity index (χ3v) is 5.11. The van der Waals surface area contributed by atoms with Crippen LogP contribution in [0.4, 0.5) is 0 Å². The molecule has 1 amide bonds. The summed E-state index contributed by atoms with van der Waals surface area (Å²) in [4.78, 5) is 17.1. The van der Waals surface area contributed by atoms with E-state index in [9.17, 15) is 4.79 Å². The van der Waals surface area contributed by atoms with E-state index in [0.29, 0.717) is 0 Å². The van der Waals surface area contributed by atoms with Gasteiger partial charge in [0.15, 0.2) is 0 Å². The van der Waals surface area contributed by atoms with Crippen LogP contribution in [0.2, 0.25) is 0 Å². The fraction of sp³-hybridized carbons (Fsp3) is 0.632. The lowest BCUT2D eigenvalue weighted by atomic mass is 9.99. The molecule has 2 fully saturated rings. The van der Waals surface area contributed by atoms with Gasteiger partial charge in [0, 0.05) is 52.4 Å². The molecule has 2 saturated heterocycles. The second-order valence-corrected chi connectivity index (χ2v) is 6.94. The first-order chi connectivity index (χ1) is 11.8. The molecule has 5 heteroatoms. The maximum Gasteiger partial charge on any atom is 0.224 e. The van der Waals surface area contributed by atoms with Crippen LogP contribution >= 0.6 is 0 Å². The van der Waals surface area contributed by atoms with Crippen LogP contribution in [0.15, 0.2) is 30.3 Å². The molecule has 0 saturated carbocycles. The van der Waals surface area contributed by atoms with Gasteiger partial charge < -0.3 is 10.6 Å². The molecule has 0 bridgehead atoms. The maximum absolute atomic E-state index is 12.1. The molecule has 5 nitrogen and oxygen atoms in total. The van der Waals surface area contributed by atoms with Gasteiger partial charge in [0.25, 0.3) is 0 Å². The van der Waals surface area contributed by atoms with Crippen molar-refractivity contribution in [3.05, 3.63) is 35.9 Å². The van der Waals surface area contributed by atoms with Crippen LogP contribution in [0.5, 0.6) is 0 Å². The highest BCUT2D eigenvalue weighted by Crippen LogP contribution is 2.10. The molecule has 0 aromatic heterocycles. The number of hydrogen-bond acceptors (Lipinski definition) is 4. The lowest BCUT2D eigenvalue weighted by Gasteiger charge is -2.34. The minimum Gasteiger partial charge on any atom is -0.355 e. The molecular formula is C19H30N4O. The highest BCUT2D eigenvalue weighted by molar-refractivity contribution is 5.78. The zero-order chi connectivity index (χ0) is 16.6. The summed E-state index contributed by atoms with van der Waals surface area (Å²) in [5, 5.41) is 6.42. The third-order valence-electron chi connectivity index (χ3n) is 5.11. The number of hydrogen-bond donors (Lipinski definition) is 2. The van der Waals surface area contributed by atoms with E-state index >= 15 is 0 Å². The van der Waals surface area contributed by atoms with Gasteiger partial charge in [-0.2, -0.15) is 0 Å². The monoisotopic (exact) mass is 330 g/mol. The van der Waals surface area contributed by atoms with Gasteiger partial charge in [-0.05, 0) is 24.9 Å². The standard InChI is InChI=1S/C19H30N4O/c24-19(18-7-4-8-20-15-18)21-9-10-22-11-13-23(14-12-22)16-17-5-2-1-3-6-17/h1-3,5-6,18,20H,4,7-16H2,(H,21,24). The maximum atomic E-state index is 12.1. The van der Waals surface area contributed by atoms with Crippen LogP contribution in [-0.4, -0.2) is 68.1 Å². The number of nitrogens with one attached hydrogen (secondary N) is 2. The van der Waals surface area contributed by atoms with E-state index in [2.05, 4.69) is 50.8 Å². The molecule has 2 aliphatic heterocycles. The molecule has 2 aliphatic rings. The molecule has 0 spiro atoms. The predicted molar refractivity (Wildman–Crippen MR) is 96.8 cm³/mol. The molecular weight excluding hydrogens is 300 g/mol. The quantitative estimate of drug-likeness (QED) is 0.814. The lowest BCUT2D eigenvalue weighted by molar-refractivity contribution is -0.125. The first-order valence-corrected chi connectivity index (χ1v) is 9.28. The lowest BCUT2D eigenvalue weighted by Crippen LogP contribution is -2.48. The molecule has 0 aliphatic carbocycles. The molecule has 2 N–H and O–H groups in total. The Kier molecular flexibility index (Phi) is 6.64. The molecule has 3 rings (SSSR count). The summed E-state index contributed by atoms with van der Waals surface area (Å²) < 4.78 is 0. The van der Waals surface area contributed by atoms with Crippen molar-refractivity contribution >= 4 is 5.91 Å². The molecule has 132 valence electrons. The van der Waals surface area contributed by atoms with Crippen molar-refractivity contribution in [2.45, 2.75) is 19.4 Å². The summed E-state index contributed by atoms with van der Waals surface area (Å²) in [6.07, 6.45) is 2.14. The number of piperidine rings is 1. The van der Waals surface area contributed by atoms with Crippen molar-refractivity contribution < 1.29 is 4.79 Å². The first-order valence-electron chi connectivity index (χ1n) is 9.28. The normalized spacial score (nSPS) is 23.1. The van der Waals surface area contributed by atoms with E-state index in [0.717, 1.165) is 71.7 Å². The number of piperazine rings is 1. The molecule has 1 aromatic carbocycles. The van der Waals surface area contributed by atoms with E-state index in [1.54, 1.807) is 0 Å². The number of carbonyl (C=O) groups excluding carboxylic acids is 1. The van der Waals surface area contributed by atoms with Crippen LogP contribution in [0.3, 0.4) is 0 Å². The van der Waals surface area contributed by atoms with Gasteiger partial charge in [-0.1, -0.05) is 30.3 Å². The summed E-state index contributed by atoms with van der Waals surface area (Å²) in [5.74, 6) is 0.395. The predicted octanol–water partition coefficient (Wildman–Crippen LogP) is 0.920. The third kappa shape index (κ3) is 5.30. The first kappa shape index (κ1) is 17.4. The van der Waals surface area contributed by atoms with Crippen molar-refractivity contribution in [3.63, 3.8) is 0 Å². The Bertz CT molecular complexity index is 493. The second-order valence-electron chi connectivity index (χ2n) is 6.94. The van der Waals surface area contributed by atoms with E-state index in [1.165, 1.54) is 5.56 Å². The summed E-state index contributed by atoms with van der Waals surface area (Å²) >= 11 is 0. The number of carbonyl (C=O) groups is 1. The van der Waals surface area contributed by atoms with Crippen molar-refractivity contribution in [1.82, 2.24) is 20.4 Å². The molecule has 1 unspecified atom stereocenters. The number of benzene rings is 1. The molecule has 24 heavy (non-hydrogen) atoms. The minimum atomic E-state index is 0.168. The van der Waals surface area contributed by atoms with Crippen molar-refractivity contribution in [1.29, 1.82) is 0 Å². The highest BCUT2D eigenvalue weighted by atomic mass is 16.1. The van der Waals surface area contributed by atoms with Gasteiger partial charge >= 0.3 is 0 Å². The van der Waals surface area contributed by atoms with Gasteiger partial charge in [-0.25, -0.2) is 0 Å². The van der Waals surface area contributed by atoms with Gasteiger partial charge in [-0.3, -0.25) is 14.6 Å². The summed E-state index contributed by atoms with van der Waals surface area (Å²) in [6, 6.07) is 10.7. The number of rotatable bonds is 6. The zero-order valence-corrected chi connectivity index (χ0v) is 14.5. The van der Waals surface area contributed by atoms with E-state index in [4.69, 9.17) is 0 Å². The largest absolute Gasteiger partial charge is 0.355 e. The van der Waals surface area contributed by atoms with E-state index < -0.39 is 0 Å². The van der Waals surface area contributed by atoms with E-state index in [1.807, 2.05) is 0 Å². The van der Waals surface area contributed by atoms with Gasteiger partial charge in [0.1, 0.15) is 0 Å². The van der Waals surface area contributed by atoms with Gasteiger partial charge in [-0.15, -0.1) is 0 Å². The van der Waals surface area contributed by atoms with Crippen LogP contribution in [0.25, 0.3) is 0 Å². The fourth-order valence-corrected chi connectivity index (χ4v) is 3.57. The molecule has 2 heterocycles. The summed E-state index contributed by atoms with van der Waals surface area (Å²) in [5.41, 5.74) is 1.39.